The fraction of sp³-hybridized carbons (Fsp3) is 0.333. The number of nitrogens with one attached hydrogen (secondary N) is 3. The van der Waals surface area contributed by atoms with Gasteiger partial charge in [0.05, 0.1) is 4.88 Å². The van der Waals surface area contributed by atoms with Gasteiger partial charge in [-0.3, -0.25) is 15.6 Å². The fourth-order valence-corrected chi connectivity index (χ4v) is 2.00. The first-order chi connectivity index (χ1) is 7.15. The average molecular weight is 243 g/mol. The molecule has 0 radical (unpaired) electrons. The third-order valence-corrected chi connectivity index (χ3v) is 2.96. The number of hydrazine groups is 1. The molecule has 0 aliphatic rings. The number of carbonyl (C=O) groups is 1. The number of thiocarbonyl (C=S) groups is 1. The Kier molecular flexibility index (Phi) is 4.51. The Hall–Kier alpha value is -1.14. The Morgan fingerprint density at radius 2 is 2.27 bits per heavy atom. The van der Waals surface area contributed by atoms with Crippen LogP contribution in [0.1, 0.15) is 22.2 Å². The Bertz CT molecular complexity index is 362. The van der Waals surface area contributed by atoms with E-state index in [1.165, 1.54) is 11.3 Å². The summed E-state index contributed by atoms with van der Waals surface area (Å²) in [5.41, 5.74) is 6.12. The standard InChI is InChI=1S/C9H13N3OS2/c1-3-10-9(14)12-11-8(13)7-6(2)4-5-15-7/h4-5H,3H2,1-2H3,(H,11,13)(H2,10,12,14). The van der Waals surface area contributed by atoms with Crippen LogP contribution in [0.3, 0.4) is 0 Å². The maximum absolute atomic E-state index is 11.6. The number of aryl methyl sites for hydroxylation is 1. The first-order valence-electron chi connectivity index (χ1n) is 4.53. The molecule has 0 aromatic carbocycles. The highest BCUT2D eigenvalue weighted by Crippen LogP contribution is 2.14. The molecule has 6 heteroatoms. The molecule has 0 bridgehead atoms. The van der Waals surface area contributed by atoms with E-state index in [1.807, 2.05) is 25.3 Å². The molecule has 1 amide bonds. The van der Waals surface area contributed by atoms with Gasteiger partial charge in [-0.2, -0.15) is 0 Å². The molecule has 0 spiro atoms. The van der Waals surface area contributed by atoms with Crippen LogP contribution in [0, 0.1) is 6.92 Å². The summed E-state index contributed by atoms with van der Waals surface area (Å²) in [6, 6.07) is 1.90. The van der Waals surface area contributed by atoms with Gasteiger partial charge in [-0.1, -0.05) is 0 Å². The zero-order valence-corrected chi connectivity index (χ0v) is 10.2. The number of thiophene rings is 1. The van der Waals surface area contributed by atoms with Gasteiger partial charge >= 0.3 is 0 Å². The lowest BCUT2D eigenvalue weighted by atomic mass is 10.3. The summed E-state index contributed by atoms with van der Waals surface area (Å²) >= 11 is 6.31. The highest BCUT2D eigenvalue weighted by atomic mass is 32.1. The van der Waals surface area contributed by atoms with Crippen LogP contribution in [-0.4, -0.2) is 17.6 Å². The monoisotopic (exact) mass is 243 g/mol. The van der Waals surface area contributed by atoms with Gasteiger partial charge in [0.2, 0.25) is 0 Å². The highest BCUT2D eigenvalue weighted by molar-refractivity contribution is 7.80. The number of carbonyl (C=O) groups excluding carboxylic acids is 1. The Labute approximate surface area is 98.0 Å². The van der Waals surface area contributed by atoms with Crippen molar-refractivity contribution in [3.63, 3.8) is 0 Å². The third-order valence-electron chi connectivity index (χ3n) is 1.70. The van der Waals surface area contributed by atoms with Gasteiger partial charge in [-0.15, -0.1) is 11.3 Å². The lowest BCUT2D eigenvalue weighted by Gasteiger charge is -2.09. The molecule has 0 atom stereocenters. The molecule has 3 N–H and O–H groups in total. The van der Waals surface area contributed by atoms with E-state index in [1.54, 1.807) is 0 Å². The zero-order chi connectivity index (χ0) is 11.3. The molecule has 1 heterocycles. The molecule has 0 aliphatic heterocycles. The van der Waals surface area contributed by atoms with Crippen LogP contribution in [-0.2, 0) is 0 Å². The first-order valence-corrected chi connectivity index (χ1v) is 5.82. The molecule has 1 aromatic heterocycles. The highest BCUT2D eigenvalue weighted by Gasteiger charge is 2.09. The van der Waals surface area contributed by atoms with E-state index in [0.717, 1.165) is 12.1 Å². The van der Waals surface area contributed by atoms with Crippen molar-refractivity contribution in [1.29, 1.82) is 0 Å². The van der Waals surface area contributed by atoms with Gasteiger partial charge in [0.1, 0.15) is 0 Å². The van der Waals surface area contributed by atoms with Gasteiger partial charge in [0, 0.05) is 6.54 Å². The van der Waals surface area contributed by atoms with Crippen molar-refractivity contribution in [2.75, 3.05) is 6.54 Å². The van der Waals surface area contributed by atoms with Crippen molar-refractivity contribution >= 4 is 34.6 Å². The second-order valence-electron chi connectivity index (χ2n) is 2.87. The molecule has 0 saturated heterocycles. The van der Waals surface area contributed by atoms with E-state index in [4.69, 9.17) is 12.2 Å². The first kappa shape index (κ1) is 11.9. The van der Waals surface area contributed by atoms with E-state index >= 15 is 0 Å². The van der Waals surface area contributed by atoms with E-state index < -0.39 is 0 Å². The van der Waals surface area contributed by atoms with Crippen LogP contribution < -0.4 is 16.2 Å². The average Bonchev–Trinajstić information content (AvgIpc) is 2.61. The molecule has 1 aromatic rings. The number of hydrogen-bond acceptors (Lipinski definition) is 3. The largest absolute Gasteiger partial charge is 0.362 e. The van der Waals surface area contributed by atoms with Crippen molar-refractivity contribution < 1.29 is 4.79 Å². The summed E-state index contributed by atoms with van der Waals surface area (Å²) in [6.07, 6.45) is 0. The van der Waals surface area contributed by atoms with Crippen molar-refractivity contribution in [2.24, 2.45) is 0 Å². The Morgan fingerprint density at radius 1 is 1.53 bits per heavy atom. The molecule has 0 aliphatic carbocycles. The minimum Gasteiger partial charge on any atom is -0.362 e. The number of rotatable bonds is 2. The molecule has 1 rings (SSSR count). The molecule has 82 valence electrons. The lowest BCUT2D eigenvalue weighted by molar-refractivity contribution is 0.0947. The van der Waals surface area contributed by atoms with Gasteiger partial charge in [0.25, 0.3) is 5.91 Å². The minimum absolute atomic E-state index is 0.164. The molecular formula is C9H13N3OS2. The molecule has 0 unspecified atom stereocenters. The summed E-state index contributed by atoms with van der Waals surface area (Å²) in [4.78, 5) is 12.3. The quantitative estimate of drug-likeness (QED) is 0.539. The van der Waals surface area contributed by atoms with Gasteiger partial charge in [0.15, 0.2) is 5.11 Å². The summed E-state index contributed by atoms with van der Waals surface area (Å²) in [5, 5.41) is 5.17. The van der Waals surface area contributed by atoms with E-state index in [9.17, 15) is 4.79 Å². The summed E-state index contributed by atoms with van der Waals surface area (Å²) in [6.45, 7) is 4.55. The van der Waals surface area contributed by atoms with Gasteiger partial charge in [-0.25, -0.2) is 0 Å². The van der Waals surface area contributed by atoms with Crippen molar-refractivity contribution in [1.82, 2.24) is 16.2 Å². The predicted octanol–water partition coefficient (Wildman–Crippen LogP) is 1.19. The molecule has 15 heavy (non-hydrogen) atoms. The smallest absolute Gasteiger partial charge is 0.279 e. The van der Waals surface area contributed by atoms with Crippen molar-refractivity contribution in [3.8, 4) is 0 Å². The Morgan fingerprint density at radius 3 is 2.80 bits per heavy atom. The van der Waals surface area contributed by atoms with Gasteiger partial charge in [-0.05, 0) is 43.1 Å². The third kappa shape index (κ3) is 3.49. The van der Waals surface area contributed by atoms with Crippen LogP contribution in [0.5, 0.6) is 0 Å². The van der Waals surface area contributed by atoms with E-state index in [-0.39, 0.29) is 5.91 Å². The maximum atomic E-state index is 11.6. The van der Waals surface area contributed by atoms with Crippen LogP contribution in [0.15, 0.2) is 11.4 Å². The second kappa shape index (κ2) is 5.67. The van der Waals surface area contributed by atoms with Crippen LogP contribution in [0.2, 0.25) is 0 Å². The van der Waals surface area contributed by atoms with Crippen molar-refractivity contribution in [3.05, 3.63) is 21.9 Å². The van der Waals surface area contributed by atoms with Crippen LogP contribution in [0.4, 0.5) is 0 Å². The van der Waals surface area contributed by atoms with E-state index in [0.29, 0.717) is 9.99 Å². The van der Waals surface area contributed by atoms with E-state index in [2.05, 4.69) is 16.2 Å². The molecular weight excluding hydrogens is 230 g/mol. The Balaban J connectivity index is 2.44. The van der Waals surface area contributed by atoms with Crippen LogP contribution in [0.25, 0.3) is 0 Å². The van der Waals surface area contributed by atoms with Crippen LogP contribution >= 0.6 is 23.6 Å². The summed E-state index contributed by atoms with van der Waals surface area (Å²) < 4.78 is 0. The number of amides is 1. The van der Waals surface area contributed by atoms with Crippen molar-refractivity contribution in [2.45, 2.75) is 13.8 Å². The van der Waals surface area contributed by atoms with Gasteiger partial charge < -0.3 is 5.32 Å². The minimum atomic E-state index is -0.164. The maximum Gasteiger partial charge on any atom is 0.279 e. The fourth-order valence-electron chi connectivity index (χ4n) is 0.980. The molecule has 0 saturated carbocycles. The topological polar surface area (TPSA) is 53.2 Å². The zero-order valence-electron chi connectivity index (χ0n) is 8.59. The SMILES string of the molecule is CCNC(=S)NNC(=O)c1sccc1C. The lowest BCUT2D eigenvalue weighted by Crippen LogP contribution is -2.46. The predicted molar refractivity (Wildman–Crippen MR) is 65.9 cm³/mol. The summed E-state index contributed by atoms with van der Waals surface area (Å²) in [5.74, 6) is -0.164. The molecule has 0 fully saturated rings. The molecule has 4 nitrogen and oxygen atoms in total. The normalized spacial score (nSPS) is 9.47. The summed E-state index contributed by atoms with van der Waals surface area (Å²) in [7, 11) is 0. The second-order valence-corrected chi connectivity index (χ2v) is 4.20. The number of hydrogen-bond donors (Lipinski definition) is 3.